The number of hydrogen-bond donors (Lipinski definition) is 1. The van der Waals surface area contributed by atoms with Gasteiger partial charge in [-0.05, 0) is 25.1 Å². The van der Waals surface area contributed by atoms with Crippen LogP contribution in [0.1, 0.15) is 11.5 Å². The van der Waals surface area contributed by atoms with Gasteiger partial charge in [0, 0.05) is 12.4 Å². The third-order valence-corrected chi connectivity index (χ3v) is 3.35. The quantitative estimate of drug-likeness (QED) is 0.790. The highest BCUT2D eigenvalue weighted by molar-refractivity contribution is 5.97. The van der Waals surface area contributed by atoms with Crippen molar-refractivity contribution in [3.05, 3.63) is 54.1 Å². The van der Waals surface area contributed by atoms with Crippen LogP contribution in [0.3, 0.4) is 0 Å². The Labute approximate surface area is 117 Å². The number of fused-ring (bicyclic) bond motifs is 1. The first-order chi connectivity index (χ1) is 9.65. The van der Waals surface area contributed by atoms with E-state index >= 15 is 0 Å². The van der Waals surface area contributed by atoms with E-state index in [-0.39, 0.29) is 0 Å². The van der Waals surface area contributed by atoms with Crippen LogP contribution in [0.4, 0.5) is 11.4 Å². The molecular formula is C16H17N3O. The Bertz CT molecular complexity index is 748. The van der Waals surface area contributed by atoms with Gasteiger partial charge < -0.3 is 15.1 Å². The third-order valence-electron chi connectivity index (χ3n) is 3.35. The maximum absolute atomic E-state index is 6.11. The van der Waals surface area contributed by atoms with Crippen LogP contribution < -0.4 is 10.6 Å². The van der Waals surface area contributed by atoms with Gasteiger partial charge in [-0.3, -0.25) is 4.98 Å². The maximum atomic E-state index is 6.11. The number of aryl methyl sites for hydroxylation is 1. The minimum atomic E-state index is 0.673. The van der Waals surface area contributed by atoms with Gasteiger partial charge >= 0.3 is 0 Å². The molecule has 0 aliphatic heterocycles. The van der Waals surface area contributed by atoms with Gasteiger partial charge in [0.05, 0.1) is 29.6 Å². The normalized spacial score (nSPS) is 10.9. The van der Waals surface area contributed by atoms with Crippen LogP contribution in [0.5, 0.6) is 0 Å². The lowest BCUT2D eigenvalue weighted by atomic mass is 10.1. The number of nitrogen functional groups attached to an aromatic ring is 1. The number of pyridine rings is 1. The van der Waals surface area contributed by atoms with E-state index in [2.05, 4.69) is 9.88 Å². The summed E-state index contributed by atoms with van der Waals surface area (Å²) in [5, 5.41) is 1.05. The zero-order valence-corrected chi connectivity index (χ0v) is 11.6. The van der Waals surface area contributed by atoms with Crippen molar-refractivity contribution in [2.24, 2.45) is 0 Å². The van der Waals surface area contributed by atoms with Crippen LogP contribution in [0.25, 0.3) is 10.9 Å². The fourth-order valence-electron chi connectivity index (χ4n) is 2.45. The number of nitrogens with two attached hydrogens (primary N) is 1. The number of para-hydroxylation sites is 1. The second kappa shape index (κ2) is 4.89. The second-order valence-corrected chi connectivity index (χ2v) is 4.95. The van der Waals surface area contributed by atoms with Gasteiger partial charge in [0.25, 0.3) is 0 Å². The topological polar surface area (TPSA) is 55.3 Å². The summed E-state index contributed by atoms with van der Waals surface area (Å²) in [6.07, 6.45) is 1.71. The monoisotopic (exact) mass is 267 g/mol. The highest BCUT2D eigenvalue weighted by Crippen LogP contribution is 2.31. The Morgan fingerprint density at radius 1 is 1.20 bits per heavy atom. The zero-order valence-electron chi connectivity index (χ0n) is 11.6. The van der Waals surface area contributed by atoms with Crippen LogP contribution >= 0.6 is 0 Å². The van der Waals surface area contributed by atoms with E-state index in [4.69, 9.17) is 10.2 Å². The minimum Gasteiger partial charge on any atom is -0.464 e. The number of aromatic nitrogens is 1. The van der Waals surface area contributed by atoms with Gasteiger partial charge in [0.1, 0.15) is 11.5 Å². The molecule has 0 bridgehead atoms. The Morgan fingerprint density at radius 3 is 2.75 bits per heavy atom. The molecule has 1 aromatic carbocycles. The molecule has 4 nitrogen and oxygen atoms in total. The van der Waals surface area contributed by atoms with E-state index in [0.717, 1.165) is 28.1 Å². The van der Waals surface area contributed by atoms with Crippen LogP contribution in [0.15, 0.2) is 47.0 Å². The van der Waals surface area contributed by atoms with Crippen molar-refractivity contribution in [2.75, 3.05) is 17.7 Å². The van der Waals surface area contributed by atoms with Crippen molar-refractivity contribution >= 4 is 22.3 Å². The van der Waals surface area contributed by atoms with Crippen molar-refractivity contribution in [3.8, 4) is 0 Å². The van der Waals surface area contributed by atoms with Gasteiger partial charge in [-0.15, -0.1) is 0 Å². The highest BCUT2D eigenvalue weighted by atomic mass is 16.3. The summed E-state index contributed by atoms with van der Waals surface area (Å²) < 4.78 is 5.63. The first-order valence-corrected chi connectivity index (χ1v) is 6.55. The molecule has 2 N–H and O–H groups in total. The molecule has 0 saturated heterocycles. The fraction of sp³-hybridized carbons (Fsp3) is 0.188. The Morgan fingerprint density at radius 2 is 2.00 bits per heavy atom. The van der Waals surface area contributed by atoms with Crippen molar-refractivity contribution in [1.82, 2.24) is 4.98 Å². The lowest BCUT2D eigenvalue weighted by molar-refractivity contribution is 0.482. The average molecular weight is 267 g/mol. The molecule has 0 radical (unpaired) electrons. The first kappa shape index (κ1) is 12.5. The number of hydrogen-bond acceptors (Lipinski definition) is 4. The van der Waals surface area contributed by atoms with E-state index in [0.29, 0.717) is 12.2 Å². The molecule has 0 atom stereocenters. The van der Waals surface area contributed by atoms with Crippen molar-refractivity contribution < 1.29 is 4.42 Å². The standard InChI is InChI=1S/C16H17N3O/c1-11-7-8-12(20-11)10-19(2)16-13-5-3-4-6-15(13)18-9-14(16)17/h3-9H,10,17H2,1-2H3. The zero-order chi connectivity index (χ0) is 14.1. The molecule has 0 amide bonds. The molecule has 3 aromatic rings. The first-order valence-electron chi connectivity index (χ1n) is 6.55. The summed E-state index contributed by atoms with van der Waals surface area (Å²) in [6.45, 7) is 2.62. The molecule has 4 heteroatoms. The molecule has 0 spiro atoms. The number of furan rings is 1. The largest absolute Gasteiger partial charge is 0.464 e. The second-order valence-electron chi connectivity index (χ2n) is 4.95. The minimum absolute atomic E-state index is 0.673. The molecule has 102 valence electrons. The summed E-state index contributed by atoms with van der Waals surface area (Å²) in [5.74, 6) is 1.84. The van der Waals surface area contributed by atoms with E-state index in [1.807, 2.05) is 50.4 Å². The molecule has 20 heavy (non-hydrogen) atoms. The predicted molar refractivity (Wildman–Crippen MR) is 81.7 cm³/mol. The predicted octanol–water partition coefficient (Wildman–Crippen LogP) is 3.35. The summed E-state index contributed by atoms with van der Waals surface area (Å²) in [4.78, 5) is 6.45. The SMILES string of the molecule is Cc1ccc(CN(C)c2c(N)cnc3ccccc23)o1. The molecule has 3 rings (SSSR count). The molecule has 0 aliphatic carbocycles. The summed E-state index contributed by atoms with van der Waals surface area (Å²) in [6, 6.07) is 12.0. The molecule has 0 unspecified atom stereocenters. The lowest BCUT2D eigenvalue weighted by Crippen LogP contribution is -2.18. The smallest absolute Gasteiger partial charge is 0.123 e. The molecule has 0 fully saturated rings. The van der Waals surface area contributed by atoms with E-state index in [1.165, 1.54) is 0 Å². The maximum Gasteiger partial charge on any atom is 0.123 e. The van der Waals surface area contributed by atoms with Crippen molar-refractivity contribution in [1.29, 1.82) is 0 Å². The lowest BCUT2D eigenvalue weighted by Gasteiger charge is -2.21. The fourth-order valence-corrected chi connectivity index (χ4v) is 2.45. The Hall–Kier alpha value is -2.49. The summed E-state index contributed by atoms with van der Waals surface area (Å²) in [5.41, 5.74) is 8.72. The number of benzene rings is 1. The van der Waals surface area contributed by atoms with Crippen LogP contribution in [-0.4, -0.2) is 12.0 Å². The molecule has 2 heterocycles. The molecule has 2 aromatic heterocycles. The van der Waals surface area contributed by atoms with Gasteiger partial charge in [-0.25, -0.2) is 0 Å². The number of anilines is 2. The van der Waals surface area contributed by atoms with E-state index in [9.17, 15) is 0 Å². The average Bonchev–Trinajstić information content (AvgIpc) is 2.83. The Kier molecular flexibility index (Phi) is 3.06. The van der Waals surface area contributed by atoms with Crippen LogP contribution in [-0.2, 0) is 6.54 Å². The van der Waals surface area contributed by atoms with Gasteiger partial charge in [-0.2, -0.15) is 0 Å². The van der Waals surface area contributed by atoms with Gasteiger partial charge in [0.15, 0.2) is 0 Å². The Balaban J connectivity index is 2.02. The van der Waals surface area contributed by atoms with Crippen LogP contribution in [0.2, 0.25) is 0 Å². The van der Waals surface area contributed by atoms with Crippen LogP contribution in [0, 0.1) is 6.92 Å². The third kappa shape index (κ3) is 2.20. The summed E-state index contributed by atoms with van der Waals surface area (Å²) >= 11 is 0. The van der Waals surface area contributed by atoms with E-state index < -0.39 is 0 Å². The molecular weight excluding hydrogens is 250 g/mol. The van der Waals surface area contributed by atoms with Gasteiger partial charge in [0.2, 0.25) is 0 Å². The number of nitrogens with zero attached hydrogens (tertiary/aromatic N) is 2. The molecule has 0 saturated carbocycles. The van der Waals surface area contributed by atoms with Crippen molar-refractivity contribution in [2.45, 2.75) is 13.5 Å². The highest BCUT2D eigenvalue weighted by Gasteiger charge is 2.12. The number of rotatable bonds is 3. The molecule has 0 aliphatic rings. The van der Waals surface area contributed by atoms with E-state index in [1.54, 1.807) is 6.20 Å². The van der Waals surface area contributed by atoms with Crippen molar-refractivity contribution in [3.63, 3.8) is 0 Å². The van der Waals surface area contributed by atoms with Gasteiger partial charge in [-0.1, -0.05) is 18.2 Å². The summed E-state index contributed by atoms with van der Waals surface area (Å²) in [7, 11) is 2.01.